The van der Waals surface area contributed by atoms with Crippen LogP contribution in [0.15, 0.2) is 34.7 Å². The maximum Gasteiger partial charge on any atom is 0.402 e. The van der Waals surface area contributed by atoms with Crippen molar-refractivity contribution in [3.05, 3.63) is 30.3 Å². The zero-order valence-corrected chi connectivity index (χ0v) is 28.2. The monoisotopic (exact) mass is 789 g/mol. The number of benzene rings is 2. The average molecular weight is 790 g/mol. The van der Waals surface area contributed by atoms with Crippen molar-refractivity contribution in [2.24, 2.45) is 0 Å². The van der Waals surface area contributed by atoms with Crippen LogP contribution in [0, 0.1) is 0 Å². The number of phenols is 4. The minimum atomic E-state index is -2.01. The third kappa shape index (κ3) is 7.76. The number of phenolic OH excluding ortho intramolecular Hbond substituents is 4. The second-order valence-electron chi connectivity index (χ2n) is 13.1. The van der Waals surface area contributed by atoms with Crippen LogP contribution in [0.25, 0.3) is 22.3 Å². The van der Waals surface area contributed by atoms with E-state index < -0.39 is 146 Å². The van der Waals surface area contributed by atoms with Crippen molar-refractivity contribution in [2.45, 2.75) is 92.1 Å². The van der Waals surface area contributed by atoms with E-state index in [9.17, 15) is 76.6 Å². The van der Waals surface area contributed by atoms with E-state index in [4.69, 9.17) is 32.8 Å². The van der Waals surface area contributed by atoms with Gasteiger partial charge in [0.25, 0.3) is 0 Å². The highest BCUT2D eigenvalue weighted by atomic mass is 16.8. The Morgan fingerprint density at radius 2 is 1.02 bits per heavy atom. The largest absolute Gasteiger partial charge is 0.507 e. The fourth-order valence-electron chi connectivity index (χ4n) is 6.34. The second-order valence-corrected chi connectivity index (χ2v) is 13.1. The first kappa shape index (κ1) is 40.7. The molecular formula is C33H41O22+. The molecule has 15 N–H and O–H groups in total. The summed E-state index contributed by atoms with van der Waals surface area (Å²) in [6, 6.07) is 5.10. The summed E-state index contributed by atoms with van der Waals surface area (Å²) in [5, 5.41) is 155. The van der Waals surface area contributed by atoms with Gasteiger partial charge >= 0.3 is 11.3 Å². The van der Waals surface area contributed by atoms with Crippen molar-refractivity contribution in [2.75, 3.05) is 19.8 Å². The van der Waals surface area contributed by atoms with Crippen LogP contribution < -0.4 is 9.47 Å². The molecule has 3 aromatic rings. The summed E-state index contributed by atoms with van der Waals surface area (Å²) in [5.74, 6) is -4.28. The second kappa shape index (κ2) is 16.3. The molecule has 0 bridgehead atoms. The van der Waals surface area contributed by atoms with Crippen molar-refractivity contribution in [1.29, 1.82) is 0 Å². The van der Waals surface area contributed by atoms with Gasteiger partial charge in [0, 0.05) is 24.3 Å². The molecule has 0 unspecified atom stereocenters. The van der Waals surface area contributed by atoms with E-state index in [1.54, 1.807) is 0 Å². The van der Waals surface area contributed by atoms with Crippen LogP contribution in [0.4, 0.5) is 0 Å². The van der Waals surface area contributed by atoms with E-state index in [0.717, 1.165) is 30.3 Å². The quantitative estimate of drug-likeness (QED) is 0.0678. The Bertz CT molecular complexity index is 1780. The predicted octanol–water partition coefficient (Wildman–Crippen LogP) is -4.62. The lowest BCUT2D eigenvalue weighted by Crippen LogP contribution is -2.65. The number of hydrogen-bond acceptors (Lipinski definition) is 21. The maximum absolute atomic E-state index is 11.2. The number of rotatable bonds is 10. The molecule has 6 rings (SSSR count). The molecule has 0 amide bonds. The first-order valence-corrected chi connectivity index (χ1v) is 16.7. The third-order valence-electron chi connectivity index (χ3n) is 9.43. The van der Waals surface area contributed by atoms with Crippen LogP contribution in [0.1, 0.15) is 0 Å². The summed E-state index contributed by atoms with van der Waals surface area (Å²) in [6.45, 7) is -2.53. The van der Waals surface area contributed by atoms with Crippen molar-refractivity contribution in [3.8, 4) is 45.8 Å². The number of aliphatic hydroxyl groups is 11. The van der Waals surface area contributed by atoms with Gasteiger partial charge in [0.1, 0.15) is 84.0 Å². The molecule has 304 valence electrons. The Labute approximate surface area is 308 Å². The number of aromatic hydroxyl groups is 4. The molecule has 22 nitrogen and oxygen atoms in total. The Balaban J connectivity index is 1.46. The normalized spacial score (nSPS) is 36.8. The lowest BCUT2D eigenvalue weighted by Gasteiger charge is -2.45. The molecule has 3 saturated heterocycles. The zero-order chi connectivity index (χ0) is 40.0. The van der Waals surface area contributed by atoms with Gasteiger partial charge in [0.05, 0.1) is 31.5 Å². The smallest absolute Gasteiger partial charge is 0.402 e. The molecule has 2 aromatic carbocycles. The van der Waals surface area contributed by atoms with E-state index in [0.29, 0.717) is 0 Å². The molecule has 1 aromatic heterocycles. The summed E-state index contributed by atoms with van der Waals surface area (Å²) in [6.07, 6.45) is -27.0. The maximum atomic E-state index is 11.2. The third-order valence-corrected chi connectivity index (χ3v) is 9.43. The van der Waals surface area contributed by atoms with E-state index in [2.05, 4.69) is 0 Å². The van der Waals surface area contributed by atoms with Crippen LogP contribution in [-0.2, 0) is 18.9 Å². The van der Waals surface area contributed by atoms with Gasteiger partial charge in [-0.3, -0.25) is 0 Å². The van der Waals surface area contributed by atoms with Crippen LogP contribution >= 0.6 is 0 Å². The SMILES string of the molecule is OC[C@@H]1O[C@@H](Oc2cc3c(O[C@@H]4O[C@H](CO)[C@@H](O)[C@H](O)[C@@H]4O)cc(O)cc3[o+]c2-c2cc(O)c(O)c(O)c2)[C@H](O[C@@H]2O[C@H](CO)[C@@H](O)[C@H](O)[C@H]2O)[C@@H](O)[C@@H]1O. The molecule has 0 aliphatic carbocycles. The molecule has 3 fully saturated rings. The van der Waals surface area contributed by atoms with Gasteiger partial charge in [-0.25, -0.2) is 4.42 Å². The lowest BCUT2D eigenvalue weighted by atomic mass is 9.97. The zero-order valence-electron chi connectivity index (χ0n) is 28.2. The molecule has 22 heteroatoms. The average Bonchev–Trinajstić information content (AvgIpc) is 3.16. The summed E-state index contributed by atoms with van der Waals surface area (Å²) in [4.78, 5) is 0. The fraction of sp³-hybridized carbons (Fsp3) is 0.545. The van der Waals surface area contributed by atoms with Gasteiger partial charge in [-0.05, 0) is 0 Å². The molecule has 3 aliphatic rings. The minimum absolute atomic E-state index is 0.109. The van der Waals surface area contributed by atoms with Crippen molar-refractivity contribution < 1.29 is 109 Å². The molecule has 3 aliphatic heterocycles. The Kier molecular flexibility index (Phi) is 12.0. The Morgan fingerprint density at radius 3 is 1.58 bits per heavy atom. The first-order chi connectivity index (χ1) is 26.1. The van der Waals surface area contributed by atoms with Crippen LogP contribution in [-0.4, -0.2) is 189 Å². The van der Waals surface area contributed by atoms with Gasteiger partial charge < -0.3 is 105 Å². The minimum Gasteiger partial charge on any atom is -0.507 e. The number of aliphatic hydroxyl groups excluding tert-OH is 11. The molecule has 0 saturated carbocycles. The summed E-state index contributed by atoms with van der Waals surface area (Å²) >= 11 is 0. The molecular weight excluding hydrogens is 748 g/mol. The van der Waals surface area contributed by atoms with Crippen LogP contribution in [0.3, 0.4) is 0 Å². The summed E-state index contributed by atoms with van der Waals surface area (Å²) in [5.41, 5.74) is -0.428. The van der Waals surface area contributed by atoms with Gasteiger partial charge in [-0.2, -0.15) is 0 Å². The predicted molar refractivity (Wildman–Crippen MR) is 174 cm³/mol. The summed E-state index contributed by atoms with van der Waals surface area (Å²) in [7, 11) is 0. The molecule has 55 heavy (non-hydrogen) atoms. The van der Waals surface area contributed by atoms with E-state index in [1.165, 1.54) is 0 Å². The van der Waals surface area contributed by atoms with E-state index in [-0.39, 0.29) is 22.3 Å². The lowest BCUT2D eigenvalue weighted by molar-refractivity contribution is -0.357. The number of hydrogen-bond donors (Lipinski definition) is 15. The number of ether oxygens (including phenoxy) is 6. The van der Waals surface area contributed by atoms with Gasteiger partial charge in [0.2, 0.25) is 18.3 Å². The van der Waals surface area contributed by atoms with Gasteiger partial charge in [-0.15, -0.1) is 0 Å². The molecule has 0 radical (unpaired) electrons. The van der Waals surface area contributed by atoms with E-state index in [1.807, 2.05) is 0 Å². The highest BCUT2D eigenvalue weighted by Gasteiger charge is 2.52. The van der Waals surface area contributed by atoms with Crippen LogP contribution in [0.5, 0.6) is 34.5 Å². The first-order valence-electron chi connectivity index (χ1n) is 16.7. The molecule has 15 atom stereocenters. The Hall–Kier alpha value is -3.95. The highest BCUT2D eigenvalue weighted by Crippen LogP contribution is 2.46. The molecule has 0 spiro atoms. The van der Waals surface area contributed by atoms with Crippen LogP contribution in [0.2, 0.25) is 0 Å². The highest BCUT2D eigenvalue weighted by molar-refractivity contribution is 5.89. The van der Waals surface area contributed by atoms with E-state index >= 15 is 0 Å². The number of fused-ring (bicyclic) bond motifs is 1. The topological polar surface area (TPSA) is 370 Å². The Morgan fingerprint density at radius 1 is 0.527 bits per heavy atom. The molecule has 4 heterocycles. The summed E-state index contributed by atoms with van der Waals surface area (Å²) < 4.78 is 40.2. The van der Waals surface area contributed by atoms with Gasteiger partial charge in [0.15, 0.2) is 29.6 Å². The standard InChI is InChI=1S/C33H40O22/c34-6-17-21(41)24(44)27(47)31(52-17)50-15-4-10(37)3-14-11(15)5-16(29(49-14)9-1-12(38)20(40)13(39)2-9)51-33-30(26(46)23(43)19(8-36)54-33)55-32-28(48)25(45)22(42)18(7-35)53-32/h1-5,17-19,21-28,30-36,41-48H,6-8H2,(H3-,37,38,39,40)/p+1/t17-,18-,19+,21-,22-,23-,24+,25+,26+,27+,28-,30-,31-,32+,33-/m1/s1. The van der Waals surface area contributed by atoms with Gasteiger partial charge in [-0.1, -0.05) is 0 Å². The fourth-order valence-corrected chi connectivity index (χ4v) is 6.34. The van der Waals surface area contributed by atoms with Crippen molar-refractivity contribution in [3.63, 3.8) is 0 Å². The van der Waals surface area contributed by atoms with Crippen molar-refractivity contribution >= 4 is 11.0 Å². The van der Waals surface area contributed by atoms with Crippen molar-refractivity contribution in [1.82, 2.24) is 0 Å².